The Kier molecular flexibility index (Phi) is 4.36. The molecule has 4 heteroatoms. The van der Waals surface area contributed by atoms with Crippen LogP contribution in [0.5, 0.6) is 0 Å². The van der Waals surface area contributed by atoms with Crippen molar-refractivity contribution < 1.29 is 4.74 Å². The molecule has 0 aromatic carbocycles. The van der Waals surface area contributed by atoms with Gasteiger partial charge in [0.15, 0.2) is 0 Å². The fraction of sp³-hybridized carbons (Fsp3) is 0.750. The molecule has 0 unspecified atom stereocenters. The van der Waals surface area contributed by atoms with Gasteiger partial charge in [0.05, 0.1) is 11.7 Å². The van der Waals surface area contributed by atoms with E-state index >= 15 is 0 Å². The molecule has 0 radical (unpaired) electrons. The van der Waals surface area contributed by atoms with E-state index in [1.165, 1.54) is 6.42 Å². The minimum atomic E-state index is 0.536. The Bertz CT molecular complexity index is 305. The average Bonchev–Trinajstić information content (AvgIpc) is 2.79. The van der Waals surface area contributed by atoms with Gasteiger partial charge >= 0.3 is 0 Å². The van der Waals surface area contributed by atoms with Crippen LogP contribution in [0.2, 0.25) is 0 Å². The molecule has 1 N–H and O–H groups in total. The van der Waals surface area contributed by atoms with E-state index in [0.29, 0.717) is 6.04 Å². The first-order valence-electron chi connectivity index (χ1n) is 6.22. The zero-order chi connectivity index (χ0) is 11.2. The molecule has 0 bridgehead atoms. The molecule has 90 valence electrons. The Morgan fingerprint density at radius 3 is 3.06 bits per heavy atom. The highest BCUT2D eigenvalue weighted by molar-refractivity contribution is 4.99. The van der Waals surface area contributed by atoms with Gasteiger partial charge in [0.1, 0.15) is 0 Å². The lowest BCUT2D eigenvalue weighted by Crippen LogP contribution is -2.20. The highest BCUT2D eigenvalue weighted by atomic mass is 16.5. The third-order valence-electron chi connectivity index (χ3n) is 2.96. The van der Waals surface area contributed by atoms with E-state index in [0.717, 1.165) is 44.8 Å². The van der Waals surface area contributed by atoms with Crippen LogP contribution < -0.4 is 5.32 Å². The topological polar surface area (TPSA) is 39.1 Å². The van der Waals surface area contributed by atoms with E-state index in [-0.39, 0.29) is 0 Å². The fourth-order valence-electron chi connectivity index (χ4n) is 2.02. The van der Waals surface area contributed by atoms with Gasteiger partial charge in [-0.1, -0.05) is 6.92 Å². The summed E-state index contributed by atoms with van der Waals surface area (Å²) in [5.74, 6) is 0. The van der Waals surface area contributed by atoms with Crippen molar-refractivity contribution in [3.05, 3.63) is 18.0 Å². The predicted octanol–water partition coefficient (Wildman–Crippen LogP) is 1.73. The van der Waals surface area contributed by atoms with Crippen molar-refractivity contribution in [3.63, 3.8) is 0 Å². The molecule has 0 amide bonds. The van der Waals surface area contributed by atoms with E-state index in [9.17, 15) is 0 Å². The smallest absolute Gasteiger partial charge is 0.0762 e. The summed E-state index contributed by atoms with van der Waals surface area (Å²) in [4.78, 5) is 0. The monoisotopic (exact) mass is 223 g/mol. The van der Waals surface area contributed by atoms with Crippen LogP contribution in [0.4, 0.5) is 0 Å². The lowest BCUT2D eigenvalue weighted by atomic mass is 10.1. The minimum absolute atomic E-state index is 0.536. The van der Waals surface area contributed by atoms with Gasteiger partial charge in [-0.05, 0) is 31.9 Å². The third-order valence-corrected chi connectivity index (χ3v) is 2.96. The molecule has 0 aliphatic carbocycles. The Morgan fingerprint density at radius 2 is 2.31 bits per heavy atom. The molecular weight excluding hydrogens is 202 g/mol. The van der Waals surface area contributed by atoms with Crippen molar-refractivity contribution in [2.45, 2.75) is 38.8 Å². The van der Waals surface area contributed by atoms with Gasteiger partial charge in [0.25, 0.3) is 0 Å². The molecule has 1 aliphatic heterocycles. The van der Waals surface area contributed by atoms with Crippen molar-refractivity contribution in [1.82, 2.24) is 15.1 Å². The van der Waals surface area contributed by atoms with Crippen LogP contribution in [0.15, 0.2) is 12.3 Å². The highest BCUT2D eigenvalue weighted by Crippen LogP contribution is 2.19. The van der Waals surface area contributed by atoms with Gasteiger partial charge in [0.2, 0.25) is 0 Å². The Morgan fingerprint density at radius 1 is 1.50 bits per heavy atom. The van der Waals surface area contributed by atoms with E-state index in [1.54, 1.807) is 0 Å². The Labute approximate surface area is 97.0 Å². The predicted molar refractivity (Wildman–Crippen MR) is 63.3 cm³/mol. The lowest BCUT2D eigenvalue weighted by Gasteiger charge is -2.22. The molecule has 1 fully saturated rings. The van der Waals surface area contributed by atoms with Crippen LogP contribution in [0.3, 0.4) is 0 Å². The Balaban J connectivity index is 1.85. The summed E-state index contributed by atoms with van der Waals surface area (Å²) in [5, 5.41) is 7.97. The van der Waals surface area contributed by atoms with Gasteiger partial charge in [0, 0.05) is 26.0 Å². The van der Waals surface area contributed by atoms with Crippen LogP contribution in [0, 0.1) is 0 Å². The lowest BCUT2D eigenvalue weighted by molar-refractivity contribution is 0.0661. The molecule has 4 nitrogen and oxygen atoms in total. The van der Waals surface area contributed by atoms with Gasteiger partial charge < -0.3 is 10.1 Å². The number of nitrogens with zero attached hydrogens (tertiary/aromatic N) is 2. The van der Waals surface area contributed by atoms with E-state index < -0.39 is 0 Å². The van der Waals surface area contributed by atoms with Gasteiger partial charge in [-0.25, -0.2) is 0 Å². The second-order valence-corrected chi connectivity index (χ2v) is 4.31. The standard InChI is InChI=1S/C12H21N3O/c1-2-6-13-10-11-3-7-15(14-11)12-4-8-16-9-5-12/h3,7,12-13H,2,4-6,8-10H2,1H3. The van der Waals surface area contributed by atoms with Gasteiger partial charge in [-0.2, -0.15) is 5.10 Å². The molecule has 0 atom stereocenters. The first-order valence-corrected chi connectivity index (χ1v) is 6.22. The van der Waals surface area contributed by atoms with Gasteiger partial charge in [-0.3, -0.25) is 4.68 Å². The largest absolute Gasteiger partial charge is 0.381 e. The van der Waals surface area contributed by atoms with E-state index in [4.69, 9.17) is 4.74 Å². The summed E-state index contributed by atoms with van der Waals surface area (Å²) in [7, 11) is 0. The van der Waals surface area contributed by atoms with Crippen molar-refractivity contribution >= 4 is 0 Å². The first-order chi connectivity index (χ1) is 7.90. The van der Waals surface area contributed by atoms with Gasteiger partial charge in [-0.15, -0.1) is 0 Å². The second kappa shape index (κ2) is 6.01. The molecule has 1 aromatic heterocycles. The summed E-state index contributed by atoms with van der Waals surface area (Å²) >= 11 is 0. The van der Waals surface area contributed by atoms with Crippen LogP contribution in [0.1, 0.15) is 37.9 Å². The van der Waals surface area contributed by atoms with Crippen LogP contribution in [-0.4, -0.2) is 29.5 Å². The molecule has 0 spiro atoms. The summed E-state index contributed by atoms with van der Waals surface area (Å²) in [6.07, 6.45) is 5.44. The number of hydrogen-bond donors (Lipinski definition) is 1. The van der Waals surface area contributed by atoms with E-state index in [2.05, 4.69) is 34.3 Å². The molecular formula is C12H21N3O. The molecule has 1 aromatic rings. The van der Waals surface area contributed by atoms with Crippen LogP contribution >= 0.6 is 0 Å². The third kappa shape index (κ3) is 3.06. The summed E-state index contributed by atoms with van der Waals surface area (Å²) in [6.45, 7) is 5.85. The van der Waals surface area contributed by atoms with Crippen LogP contribution in [-0.2, 0) is 11.3 Å². The van der Waals surface area contributed by atoms with Crippen molar-refractivity contribution in [2.24, 2.45) is 0 Å². The molecule has 0 saturated carbocycles. The minimum Gasteiger partial charge on any atom is -0.381 e. The molecule has 2 rings (SSSR count). The summed E-state index contributed by atoms with van der Waals surface area (Å²) in [6, 6.07) is 2.65. The molecule has 1 saturated heterocycles. The molecule has 1 aliphatic rings. The fourth-order valence-corrected chi connectivity index (χ4v) is 2.02. The maximum atomic E-state index is 5.35. The van der Waals surface area contributed by atoms with Crippen molar-refractivity contribution in [2.75, 3.05) is 19.8 Å². The Hall–Kier alpha value is -0.870. The number of aromatic nitrogens is 2. The zero-order valence-electron chi connectivity index (χ0n) is 9.98. The summed E-state index contributed by atoms with van der Waals surface area (Å²) in [5.41, 5.74) is 1.14. The number of hydrogen-bond acceptors (Lipinski definition) is 3. The SMILES string of the molecule is CCCNCc1ccn(C2CCOCC2)n1. The molecule has 2 heterocycles. The van der Waals surface area contributed by atoms with E-state index in [1.807, 2.05) is 0 Å². The normalized spacial score (nSPS) is 17.8. The van der Waals surface area contributed by atoms with Crippen LogP contribution in [0.25, 0.3) is 0 Å². The maximum Gasteiger partial charge on any atom is 0.0762 e. The highest BCUT2D eigenvalue weighted by Gasteiger charge is 2.16. The number of nitrogens with one attached hydrogen (secondary N) is 1. The number of rotatable bonds is 5. The first kappa shape index (κ1) is 11.6. The molecule has 16 heavy (non-hydrogen) atoms. The number of ether oxygens (including phenoxy) is 1. The quantitative estimate of drug-likeness (QED) is 0.773. The average molecular weight is 223 g/mol. The zero-order valence-corrected chi connectivity index (χ0v) is 9.98. The van der Waals surface area contributed by atoms with Crippen molar-refractivity contribution in [1.29, 1.82) is 0 Å². The summed E-state index contributed by atoms with van der Waals surface area (Å²) < 4.78 is 7.46. The second-order valence-electron chi connectivity index (χ2n) is 4.31. The van der Waals surface area contributed by atoms with Crippen molar-refractivity contribution in [3.8, 4) is 0 Å². The maximum absolute atomic E-state index is 5.35.